The SMILES string of the molecule is CS(=O)(=O)N(CCC(=O)Nc1ccccc1C#N)c1ccccc1. The van der Waals surface area contributed by atoms with Gasteiger partial charge in [0.05, 0.1) is 23.2 Å². The van der Waals surface area contributed by atoms with Crippen LogP contribution < -0.4 is 9.62 Å². The normalized spacial score (nSPS) is 10.7. The van der Waals surface area contributed by atoms with Crippen LogP contribution in [0.3, 0.4) is 0 Å². The third-order valence-electron chi connectivity index (χ3n) is 3.31. The molecule has 0 saturated carbocycles. The Balaban J connectivity index is 2.07. The van der Waals surface area contributed by atoms with Crippen molar-refractivity contribution in [3.63, 3.8) is 0 Å². The van der Waals surface area contributed by atoms with E-state index in [1.807, 2.05) is 6.07 Å². The van der Waals surface area contributed by atoms with Crippen LogP contribution >= 0.6 is 0 Å². The molecule has 0 aliphatic heterocycles. The Morgan fingerprint density at radius 1 is 1.12 bits per heavy atom. The van der Waals surface area contributed by atoms with Gasteiger partial charge in [-0.1, -0.05) is 30.3 Å². The van der Waals surface area contributed by atoms with Crippen LogP contribution in [-0.2, 0) is 14.8 Å². The van der Waals surface area contributed by atoms with Crippen molar-refractivity contribution >= 4 is 27.3 Å². The number of anilines is 2. The molecule has 1 amide bonds. The van der Waals surface area contributed by atoms with Crippen LogP contribution in [0.1, 0.15) is 12.0 Å². The zero-order valence-electron chi connectivity index (χ0n) is 13.1. The van der Waals surface area contributed by atoms with Crippen LogP contribution in [0.15, 0.2) is 54.6 Å². The van der Waals surface area contributed by atoms with Crippen molar-refractivity contribution in [3.05, 3.63) is 60.2 Å². The third kappa shape index (κ3) is 4.57. The average Bonchev–Trinajstić information content (AvgIpc) is 2.55. The summed E-state index contributed by atoms with van der Waals surface area (Å²) in [5, 5.41) is 11.7. The first kappa shape index (κ1) is 17.5. The maximum atomic E-state index is 12.1. The first-order chi connectivity index (χ1) is 11.4. The van der Waals surface area contributed by atoms with Crippen molar-refractivity contribution in [3.8, 4) is 6.07 Å². The van der Waals surface area contributed by atoms with Gasteiger partial charge >= 0.3 is 0 Å². The molecule has 0 radical (unpaired) electrons. The molecule has 2 rings (SSSR count). The van der Waals surface area contributed by atoms with Crippen molar-refractivity contribution in [2.45, 2.75) is 6.42 Å². The maximum Gasteiger partial charge on any atom is 0.232 e. The van der Waals surface area contributed by atoms with Gasteiger partial charge in [-0.2, -0.15) is 5.26 Å². The minimum absolute atomic E-state index is 0.0173. The number of nitriles is 1. The average molecular weight is 343 g/mol. The second-order valence-corrected chi connectivity index (χ2v) is 7.03. The van der Waals surface area contributed by atoms with Crippen molar-refractivity contribution in [2.75, 3.05) is 22.4 Å². The number of nitrogens with one attached hydrogen (secondary N) is 1. The Morgan fingerprint density at radius 2 is 1.75 bits per heavy atom. The second-order valence-electron chi connectivity index (χ2n) is 5.13. The van der Waals surface area contributed by atoms with Crippen molar-refractivity contribution in [1.29, 1.82) is 5.26 Å². The number of carbonyl (C=O) groups is 1. The monoisotopic (exact) mass is 343 g/mol. The molecule has 0 aliphatic rings. The van der Waals surface area contributed by atoms with Crippen LogP contribution in [0.4, 0.5) is 11.4 Å². The number of hydrogen-bond donors (Lipinski definition) is 1. The summed E-state index contributed by atoms with van der Waals surface area (Å²) in [6, 6.07) is 17.2. The molecular formula is C17H17N3O3S. The van der Waals surface area contributed by atoms with E-state index in [-0.39, 0.29) is 18.9 Å². The van der Waals surface area contributed by atoms with E-state index in [2.05, 4.69) is 5.32 Å². The lowest BCUT2D eigenvalue weighted by Crippen LogP contribution is -2.33. The predicted molar refractivity (Wildman–Crippen MR) is 93.0 cm³/mol. The molecule has 24 heavy (non-hydrogen) atoms. The standard InChI is InChI=1S/C17H17N3O3S/c1-24(22,23)20(15-8-3-2-4-9-15)12-11-17(21)19-16-10-6-5-7-14(16)13-18/h2-10H,11-12H2,1H3,(H,19,21). The highest BCUT2D eigenvalue weighted by molar-refractivity contribution is 7.92. The van der Waals surface area contributed by atoms with Gasteiger partial charge in [0.15, 0.2) is 0 Å². The Labute approximate surface area is 141 Å². The predicted octanol–water partition coefficient (Wildman–Crippen LogP) is 2.35. The van der Waals surface area contributed by atoms with Gasteiger partial charge in [0.1, 0.15) is 6.07 Å². The minimum atomic E-state index is -3.50. The molecule has 0 aromatic heterocycles. The van der Waals surface area contributed by atoms with E-state index in [1.165, 1.54) is 4.31 Å². The molecule has 7 heteroatoms. The summed E-state index contributed by atoms with van der Waals surface area (Å²) in [7, 11) is -3.50. The van der Waals surface area contributed by atoms with Gasteiger partial charge in [0, 0.05) is 13.0 Å². The highest BCUT2D eigenvalue weighted by Crippen LogP contribution is 2.18. The summed E-state index contributed by atoms with van der Waals surface area (Å²) in [5.74, 6) is -0.359. The Bertz CT molecular complexity index is 858. The van der Waals surface area contributed by atoms with Crippen molar-refractivity contribution < 1.29 is 13.2 Å². The van der Waals surface area contributed by atoms with Gasteiger partial charge in [-0.25, -0.2) is 8.42 Å². The topological polar surface area (TPSA) is 90.3 Å². The fourth-order valence-electron chi connectivity index (χ4n) is 2.19. The van der Waals surface area contributed by atoms with E-state index in [1.54, 1.807) is 54.6 Å². The highest BCUT2D eigenvalue weighted by Gasteiger charge is 2.18. The van der Waals surface area contributed by atoms with Crippen LogP contribution in [0, 0.1) is 11.3 Å². The summed E-state index contributed by atoms with van der Waals surface area (Å²) in [6.07, 6.45) is 1.07. The molecule has 2 aromatic carbocycles. The number of carbonyl (C=O) groups excluding carboxylic acids is 1. The fraction of sp³-hybridized carbons (Fsp3) is 0.176. The second kappa shape index (κ2) is 7.62. The van der Waals surface area contributed by atoms with E-state index in [0.29, 0.717) is 16.9 Å². The number of nitrogens with zero attached hydrogens (tertiary/aromatic N) is 2. The number of rotatable bonds is 6. The third-order valence-corrected chi connectivity index (χ3v) is 4.50. The van der Waals surface area contributed by atoms with Crippen LogP contribution in [0.5, 0.6) is 0 Å². The summed E-state index contributed by atoms with van der Waals surface area (Å²) in [6.45, 7) is 0.0173. The van der Waals surface area contributed by atoms with Crippen molar-refractivity contribution in [1.82, 2.24) is 0 Å². The number of amides is 1. The molecule has 0 heterocycles. The lowest BCUT2D eigenvalue weighted by atomic mass is 10.2. The molecule has 0 aliphatic carbocycles. The van der Waals surface area contributed by atoms with Gasteiger partial charge in [0.2, 0.25) is 15.9 Å². The van der Waals surface area contributed by atoms with E-state index in [0.717, 1.165) is 6.26 Å². The van der Waals surface area contributed by atoms with Crippen molar-refractivity contribution in [2.24, 2.45) is 0 Å². The number of sulfonamides is 1. The first-order valence-electron chi connectivity index (χ1n) is 7.23. The van der Waals surface area contributed by atoms with Gasteiger partial charge in [-0.05, 0) is 24.3 Å². The fourth-order valence-corrected chi connectivity index (χ4v) is 3.11. The van der Waals surface area contributed by atoms with Crippen LogP contribution in [0.25, 0.3) is 0 Å². The highest BCUT2D eigenvalue weighted by atomic mass is 32.2. The van der Waals surface area contributed by atoms with Gasteiger partial charge in [0.25, 0.3) is 0 Å². The zero-order valence-corrected chi connectivity index (χ0v) is 14.0. The van der Waals surface area contributed by atoms with Crippen LogP contribution in [-0.4, -0.2) is 27.1 Å². The lowest BCUT2D eigenvalue weighted by molar-refractivity contribution is -0.116. The molecule has 0 atom stereocenters. The molecule has 124 valence electrons. The molecule has 2 aromatic rings. The molecule has 6 nitrogen and oxygen atoms in total. The van der Waals surface area contributed by atoms with Gasteiger partial charge < -0.3 is 5.32 Å². The largest absolute Gasteiger partial charge is 0.325 e. The molecule has 1 N–H and O–H groups in total. The molecule has 0 unspecified atom stereocenters. The first-order valence-corrected chi connectivity index (χ1v) is 9.08. The quantitative estimate of drug-likeness (QED) is 0.872. The zero-order chi connectivity index (χ0) is 17.6. The molecular weight excluding hydrogens is 326 g/mol. The molecule has 0 saturated heterocycles. The summed E-state index contributed by atoms with van der Waals surface area (Å²) < 4.78 is 25.1. The molecule has 0 fully saturated rings. The maximum absolute atomic E-state index is 12.1. The van der Waals surface area contributed by atoms with E-state index >= 15 is 0 Å². The number of para-hydroxylation sites is 2. The Hall–Kier alpha value is -2.85. The lowest BCUT2D eigenvalue weighted by Gasteiger charge is -2.22. The van der Waals surface area contributed by atoms with E-state index in [9.17, 15) is 13.2 Å². The van der Waals surface area contributed by atoms with Gasteiger partial charge in [-0.15, -0.1) is 0 Å². The van der Waals surface area contributed by atoms with Gasteiger partial charge in [-0.3, -0.25) is 9.10 Å². The number of benzene rings is 2. The van der Waals surface area contributed by atoms with E-state index in [4.69, 9.17) is 5.26 Å². The summed E-state index contributed by atoms with van der Waals surface area (Å²) in [4.78, 5) is 12.1. The Morgan fingerprint density at radius 3 is 2.38 bits per heavy atom. The number of hydrogen-bond acceptors (Lipinski definition) is 4. The molecule has 0 spiro atoms. The summed E-state index contributed by atoms with van der Waals surface area (Å²) >= 11 is 0. The van der Waals surface area contributed by atoms with Crippen LogP contribution in [0.2, 0.25) is 0 Å². The molecule has 0 bridgehead atoms. The smallest absolute Gasteiger partial charge is 0.232 e. The van der Waals surface area contributed by atoms with E-state index < -0.39 is 10.0 Å². The minimum Gasteiger partial charge on any atom is -0.325 e. The Kier molecular flexibility index (Phi) is 5.55. The summed E-state index contributed by atoms with van der Waals surface area (Å²) in [5.41, 5.74) is 1.27.